The summed E-state index contributed by atoms with van der Waals surface area (Å²) in [6.07, 6.45) is 5.50. The third-order valence-electron chi connectivity index (χ3n) is 4.98. The molecule has 0 spiro atoms. The first-order valence-corrected chi connectivity index (χ1v) is 9.48. The Kier molecular flexibility index (Phi) is 4.65. The van der Waals surface area contributed by atoms with E-state index < -0.39 is 0 Å². The molecule has 1 atom stereocenters. The van der Waals surface area contributed by atoms with Crippen molar-refractivity contribution in [2.24, 2.45) is 7.05 Å². The lowest BCUT2D eigenvalue weighted by Crippen LogP contribution is -2.27. The van der Waals surface area contributed by atoms with Crippen molar-refractivity contribution in [1.29, 1.82) is 0 Å². The van der Waals surface area contributed by atoms with Gasteiger partial charge in [0.1, 0.15) is 0 Å². The van der Waals surface area contributed by atoms with E-state index in [0.29, 0.717) is 28.1 Å². The van der Waals surface area contributed by atoms with E-state index in [1.807, 2.05) is 44.9 Å². The van der Waals surface area contributed by atoms with Crippen LogP contribution < -0.4 is 5.32 Å². The summed E-state index contributed by atoms with van der Waals surface area (Å²) in [5, 5.41) is 16.3. The lowest BCUT2D eigenvalue weighted by atomic mass is 10.1. The minimum Gasteiger partial charge on any atom is -0.345 e. The fraction of sp³-hybridized carbons (Fsp3) is 0.350. The van der Waals surface area contributed by atoms with Crippen LogP contribution in [0.1, 0.15) is 47.2 Å². The lowest BCUT2D eigenvalue weighted by molar-refractivity contribution is 0.0941. The van der Waals surface area contributed by atoms with Crippen molar-refractivity contribution in [3.05, 3.63) is 47.2 Å². The van der Waals surface area contributed by atoms with Crippen LogP contribution in [0.25, 0.3) is 22.4 Å². The zero-order valence-corrected chi connectivity index (χ0v) is 17.1. The highest BCUT2D eigenvalue weighted by Gasteiger charge is 2.22. The molecule has 0 unspecified atom stereocenters. The zero-order valence-electron chi connectivity index (χ0n) is 17.1. The average Bonchev–Trinajstić information content (AvgIpc) is 3.39. The van der Waals surface area contributed by atoms with Crippen LogP contribution in [0.5, 0.6) is 0 Å². The largest absolute Gasteiger partial charge is 0.345 e. The van der Waals surface area contributed by atoms with Gasteiger partial charge in [-0.1, -0.05) is 5.16 Å². The summed E-state index contributed by atoms with van der Waals surface area (Å²) in [6, 6.07) is 1.56. The van der Waals surface area contributed by atoms with Gasteiger partial charge in [-0.3, -0.25) is 14.2 Å². The lowest BCUT2D eigenvalue weighted by Gasteiger charge is -2.14. The van der Waals surface area contributed by atoms with Crippen LogP contribution >= 0.6 is 0 Å². The van der Waals surface area contributed by atoms with Gasteiger partial charge in [0.15, 0.2) is 0 Å². The summed E-state index contributed by atoms with van der Waals surface area (Å²) < 4.78 is 8.90. The van der Waals surface area contributed by atoms with Crippen LogP contribution in [0.15, 0.2) is 29.2 Å². The standard InChI is InChI=1S/C20H23N7O2/c1-6-27-10-16(12(3)24-27)11(2)22-19(28)15-7-17(14-8-21-26(5)9-14)23-20-18(15)13(4)25-29-20/h7-11H,6H2,1-5H3,(H,22,28)/t11-/m0/s1. The second-order valence-corrected chi connectivity index (χ2v) is 7.13. The second-order valence-electron chi connectivity index (χ2n) is 7.13. The predicted octanol–water partition coefficient (Wildman–Crippen LogP) is 2.95. The molecule has 29 heavy (non-hydrogen) atoms. The first-order chi connectivity index (χ1) is 13.9. The van der Waals surface area contributed by atoms with E-state index in [9.17, 15) is 4.79 Å². The molecule has 150 valence electrons. The van der Waals surface area contributed by atoms with Crippen molar-refractivity contribution in [3.63, 3.8) is 0 Å². The Labute approximate surface area is 167 Å². The number of hydrogen-bond acceptors (Lipinski definition) is 6. The number of rotatable bonds is 5. The molecule has 0 radical (unpaired) electrons. The number of nitrogens with zero attached hydrogens (tertiary/aromatic N) is 6. The Morgan fingerprint density at radius 2 is 2.07 bits per heavy atom. The van der Waals surface area contributed by atoms with Crippen molar-refractivity contribution in [3.8, 4) is 11.3 Å². The molecule has 0 aliphatic heterocycles. The number of fused-ring (bicyclic) bond motifs is 1. The van der Waals surface area contributed by atoms with Gasteiger partial charge in [-0.25, -0.2) is 4.98 Å². The van der Waals surface area contributed by atoms with Gasteiger partial charge in [0.25, 0.3) is 11.6 Å². The Morgan fingerprint density at radius 1 is 1.28 bits per heavy atom. The van der Waals surface area contributed by atoms with Crippen LogP contribution in [0, 0.1) is 13.8 Å². The molecule has 0 aliphatic rings. The van der Waals surface area contributed by atoms with Crippen LogP contribution in [-0.4, -0.2) is 35.6 Å². The number of hydrogen-bond donors (Lipinski definition) is 1. The summed E-state index contributed by atoms with van der Waals surface area (Å²) in [5.41, 5.74) is 4.71. The molecule has 0 bridgehead atoms. The Balaban J connectivity index is 1.72. The monoisotopic (exact) mass is 393 g/mol. The Hall–Kier alpha value is -3.49. The van der Waals surface area contributed by atoms with E-state index in [1.54, 1.807) is 23.9 Å². The van der Waals surface area contributed by atoms with Crippen LogP contribution in [0.4, 0.5) is 0 Å². The number of carbonyl (C=O) groups excluding carboxylic acids is 1. The quantitative estimate of drug-likeness (QED) is 0.559. The molecule has 9 nitrogen and oxygen atoms in total. The highest BCUT2D eigenvalue weighted by atomic mass is 16.5. The highest BCUT2D eigenvalue weighted by molar-refractivity contribution is 6.07. The maximum Gasteiger partial charge on any atom is 0.259 e. The van der Waals surface area contributed by atoms with E-state index in [1.165, 1.54) is 0 Å². The third kappa shape index (κ3) is 3.39. The predicted molar refractivity (Wildman–Crippen MR) is 107 cm³/mol. The molecule has 0 saturated carbocycles. The van der Waals surface area contributed by atoms with Crippen molar-refractivity contribution in [2.75, 3.05) is 0 Å². The molecule has 0 fully saturated rings. The first kappa shape index (κ1) is 18.9. The maximum absolute atomic E-state index is 13.2. The average molecular weight is 393 g/mol. The molecule has 0 aliphatic carbocycles. The summed E-state index contributed by atoms with van der Waals surface area (Å²) in [4.78, 5) is 17.7. The molecule has 1 N–H and O–H groups in total. The van der Waals surface area contributed by atoms with Crippen LogP contribution in [0.2, 0.25) is 0 Å². The van der Waals surface area contributed by atoms with E-state index in [0.717, 1.165) is 23.4 Å². The molecule has 4 rings (SSSR count). The van der Waals surface area contributed by atoms with Gasteiger partial charge in [0.2, 0.25) is 0 Å². The van der Waals surface area contributed by atoms with E-state index in [2.05, 4.69) is 25.7 Å². The summed E-state index contributed by atoms with van der Waals surface area (Å²) in [7, 11) is 1.83. The molecule has 0 aromatic carbocycles. The summed E-state index contributed by atoms with van der Waals surface area (Å²) >= 11 is 0. The van der Waals surface area contributed by atoms with Gasteiger partial charge in [-0.2, -0.15) is 10.2 Å². The Morgan fingerprint density at radius 3 is 2.72 bits per heavy atom. The number of amides is 1. The van der Waals surface area contributed by atoms with Gasteiger partial charge in [0, 0.05) is 37.1 Å². The Bertz CT molecular complexity index is 1200. The maximum atomic E-state index is 13.2. The number of pyridine rings is 1. The van der Waals surface area contributed by atoms with Gasteiger partial charge < -0.3 is 9.84 Å². The fourth-order valence-corrected chi connectivity index (χ4v) is 3.45. The smallest absolute Gasteiger partial charge is 0.259 e. The van der Waals surface area contributed by atoms with Gasteiger partial charge in [-0.05, 0) is 33.8 Å². The molecule has 1 amide bonds. The third-order valence-corrected chi connectivity index (χ3v) is 4.98. The van der Waals surface area contributed by atoms with Gasteiger partial charge in [-0.15, -0.1) is 0 Å². The number of nitrogens with one attached hydrogen (secondary N) is 1. The van der Waals surface area contributed by atoms with Crippen LogP contribution in [-0.2, 0) is 13.6 Å². The van der Waals surface area contributed by atoms with Crippen molar-refractivity contribution in [1.82, 2.24) is 35.0 Å². The van der Waals surface area contributed by atoms with E-state index in [-0.39, 0.29) is 11.9 Å². The van der Waals surface area contributed by atoms with Crippen molar-refractivity contribution < 1.29 is 9.32 Å². The molecule has 0 saturated heterocycles. The number of carbonyl (C=O) groups is 1. The van der Waals surface area contributed by atoms with Crippen molar-refractivity contribution in [2.45, 2.75) is 40.3 Å². The van der Waals surface area contributed by atoms with E-state index >= 15 is 0 Å². The molecular weight excluding hydrogens is 370 g/mol. The molecule has 4 aromatic rings. The SMILES string of the molecule is CCn1cc([C@H](C)NC(=O)c2cc(-c3cnn(C)c3)nc3onc(C)c23)c(C)n1. The number of aromatic nitrogens is 6. The molecule has 4 heterocycles. The van der Waals surface area contributed by atoms with E-state index in [4.69, 9.17) is 4.52 Å². The van der Waals surface area contributed by atoms with Crippen molar-refractivity contribution >= 4 is 17.0 Å². The minimum atomic E-state index is -0.218. The summed E-state index contributed by atoms with van der Waals surface area (Å²) in [6.45, 7) is 8.50. The highest BCUT2D eigenvalue weighted by Crippen LogP contribution is 2.27. The van der Waals surface area contributed by atoms with Crippen LogP contribution in [0.3, 0.4) is 0 Å². The van der Waals surface area contributed by atoms with Gasteiger partial charge >= 0.3 is 0 Å². The molecule has 4 aromatic heterocycles. The molecule has 9 heteroatoms. The fourth-order valence-electron chi connectivity index (χ4n) is 3.45. The number of aryl methyl sites for hydroxylation is 4. The van der Waals surface area contributed by atoms with Gasteiger partial charge in [0.05, 0.1) is 40.3 Å². The second kappa shape index (κ2) is 7.16. The minimum absolute atomic E-state index is 0.201. The first-order valence-electron chi connectivity index (χ1n) is 9.48. The molecular formula is C20H23N7O2. The normalized spacial score (nSPS) is 12.4. The zero-order chi connectivity index (χ0) is 20.7. The topological polar surface area (TPSA) is 104 Å². The summed E-state index contributed by atoms with van der Waals surface area (Å²) in [5.74, 6) is -0.218.